The summed E-state index contributed by atoms with van der Waals surface area (Å²) in [7, 11) is 0. The molecule has 0 radical (unpaired) electrons. The van der Waals surface area contributed by atoms with E-state index in [4.69, 9.17) is 10.2 Å². The monoisotopic (exact) mass is 536 g/mol. The van der Waals surface area contributed by atoms with Gasteiger partial charge in [0.1, 0.15) is 5.33 Å². The number of rotatable bonds is 3. The number of halogens is 10. The van der Waals surface area contributed by atoms with E-state index < -0.39 is 68.4 Å². The van der Waals surface area contributed by atoms with Gasteiger partial charge in [-0.2, -0.15) is 35.1 Å². The minimum absolute atomic E-state index is 0. The standard InChI is InChI=1S/C6H7F4NO2.C4H5F4N.C2H3BrO2.ClH.H2O/c7-5(8)2-11(1-4(12)13)3-6(5,9)10;5-3(6)1-9-2-4(3,7)8;3-1-2(4)5;;/h1-3H2,(H,12,13);9H,1-2H2;1H2,(H,4,5);1H;1H2. The van der Waals surface area contributed by atoms with Crippen LogP contribution in [0.5, 0.6) is 0 Å². The minimum atomic E-state index is -4.12. The molecule has 0 aromatic heterocycles. The van der Waals surface area contributed by atoms with Crippen molar-refractivity contribution >= 4 is 40.3 Å². The second-order valence-corrected chi connectivity index (χ2v) is 6.05. The summed E-state index contributed by atoms with van der Waals surface area (Å²) in [5.74, 6) is -18.2. The highest BCUT2D eigenvalue weighted by Crippen LogP contribution is 2.40. The zero-order chi connectivity index (χ0) is 21.7. The fourth-order valence-electron chi connectivity index (χ4n) is 1.79. The van der Waals surface area contributed by atoms with Crippen LogP contribution in [0.2, 0.25) is 0 Å². The Bertz CT molecular complexity index is 514. The van der Waals surface area contributed by atoms with Crippen LogP contribution in [-0.4, -0.2) is 94.3 Å². The molecule has 0 atom stereocenters. The minimum Gasteiger partial charge on any atom is -0.481 e. The third-order valence-electron chi connectivity index (χ3n) is 3.08. The fourth-order valence-corrected chi connectivity index (χ4v) is 1.79. The maximum Gasteiger partial charge on any atom is 0.323 e. The Morgan fingerprint density at radius 1 is 0.828 bits per heavy atom. The SMILES string of the molecule is Cl.FC1(F)CNCC1(F)F.O.O=C(O)CBr.O=C(O)CN1CC(F)(F)C(F)(F)C1. The van der Waals surface area contributed by atoms with E-state index >= 15 is 0 Å². The first-order valence-electron chi connectivity index (χ1n) is 6.91. The molecule has 0 aromatic rings. The number of carbonyl (C=O) groups is 2. The van der Waals surface area contributed by atoms with Crippen LogP contribution < -0.4 is 5.32 Å². The predicted molar refractivity (Wildman–Crippen MR) is 89.0 cm³/mol. The van der Waals surface area contributed by atoms with Crippen LogP contribution in [0.1, 0.15) is 0 Å². The number of nitrogens with one attached hydrogen (secondary N) is 1. The molecule has 0 aliphatic carbocycles. The first-order chi connectivity index (χ1) is 12.0. The zero-order valence-corrected chi connectivity index (χ0v) is 16.6. The maximum atomic E-state index is 12.4. The zero-order valence-electron chi connectivity index (χ0n) is 14.2. The molecule has 29 heavy (non-hydrogen) atoms. The number of nitrogens with zero attached hydrogens (tertiary/aromatic N) is 1. The predicted octanol–water partition coefficient (Wildman–Crippen LogP) is 1.58. The highest BCUT2D eigenvalue weighted by atomic mass is 79.9. The molecule has 2 rings (SSSR count). The normalized spacial score (nSPS) is 22.5. The van der Waals surface area contributed by atoms with Gasteiger partial charge in [-0.25, -0.2) is 0 Å². The second kappa shape index (κ2) is 12.0. The van der Waals surface area contributed by atoms with E-state index in [1.807, 2.05) is 5.32 Å². The van der Waals surface area contributed by atoms with E-state index in [-0.39, 0.29) is 23.2 Å². The van der Waals surface area contributed by atoms with E-state index in [9.17, 15) is 44.7 Å². The molecule has 0 amide bonds. The average molecular weight is 538 g/mol. The summed E-state index contributed by atoms with van der Waals surface area (Å²) >= 11 is 2.71. The number of hydrogen-bond acceptors (Lipinski definition) is 4. The van der Waals surface area contributed by atoms with Gasteiger partial charge in [0.25, 0.3) is 0 Å². The van der Waals surface area contributed by atoms with E-state index in [0.717, 1.165) is 0 Å². The molecule has 2 aliphatic heterocycles. The molecule has 5 N–H and O–H groups in total. The molecule has 2 saturated heterocycles. The first-order valence-corrected chi connectivity index (χ1v) is 8.03. The number of carboxylic acid groups (broad SMARTS) is 2. The van der Waals surface area contributed by atoms with Gasteiger partial charge in [0.05, 0.1) is 32.7 Å². The summed E-state index contributed by atoms with van der Waals surface area (Å²) < 4.78 is 97.4. The van der Waals surface area contributed by atoms with Crippen LogP contribution in [0.15, 0.2) is 0 Å². The molecule has 2 aliphatic rings. The van der Waals surface area contributed by atoms with Crippen molar-refractivity contribution in [2.45, 2.75) is 23.7 Å². The molecule has 176 valence electrons. The molecule has 0 spiro atoms. The topological polar surface area (TPSA) is 121 Å². The Hall–Kier alpha value is -0.970. The summed E-state index contributed by atoms with van der Waals surface area (Å²) in [4.78, 5) is 19.9. The lowest BCUT2D eigenvalue weighted by Gasteiger charge is -2.15. The molecule has 7 nitrogen and oxygen atoms in total. The van der Waals surface area contributed by atoms with Crippen LogP contribution >= 0.6 is 28.3 Å². The number of carboxylic acids is 2. The van der Waals surface area contributed by atoms with Crippen molar-refractivity contribution in [3.8, 4) is 0 Å². The third-order valence-corrected chi connectivity index (χ3v) is 3.56. The molecule has 2 heterocycles. The van der Waals surface area contributed by atoms with Crippen molar-refractivity contribution in [3.05, 3.63) is 0 Å². The second-order valence-electron chi connectivity index (χ2n) is 5.49. The summed E-state index contributed by atoms with van der Waals surface area (Å²) in [6.45, 7) is -5.02. The lowest BCUT2D eigenvalue weighted by Crippen LogP contribution is -2.38. The smallest absolute Gasteiger partial charge is 0.323 e. The lowest BCUT2D eigenvalue weighted by atomic mass is 10.2. The number of hydrogen-bond donors (Lipinski definition) is 3. The van der Waals surface area contributed by atoms with Crippen molar-refractivity contribution in [1.82, 2.24) is 10.2 Å². The molecule has 0 saturated carbocycles. The van der Waals surface area contributed by atoms with Crippen molar-refractivity contribution in [2.24, 2.45) is 0 Å². The Balaban J connectivity index is -0.000000372. The van der Waals surface area contributed by atoms with Gasteiger partial charge in [-0.1, -0.05) is 15.9 Å². The Labute approximate surface area is 173 Å². The molecular formula is C12H18BrClF8N2O5. The number of alkyl halides is 9. The summed E-state index contributed by atoms with van der Waals surface area (Å²) in [6.07, 6.45) is 0. The van der Waals surface area contributed by atoms with Crippen LogP contribution in [0.4, 0.5) is 35.1 Å². The molecule has 0 aromatic carbocycles. The van der Waals surface area contributed by atoms with Crippen LogP contribution in [0.3, 0.4) is 0 Å². The summed E-state index contributed by atoms with van der Waals surface area (Å²) in [5.41, 5.74) is 0. The van der Waals surface area contributed by atoms with Crippen LogP contribution in [0.25, 0.3) is 0 Å². The van der Waals surface area contributed by atoms with Gasteiger partial charge in [-0.05, 0) is 0 Å². The highest BCUT2D eigenvalue weighted by Gasteiger charge is 2.63. The quantitative estimate of drug-likeness (QED) is 0.371. The summed E-state index contributed by atoms with van der Waals surface area (Å²) in [5, 5.41) is 17.8. The Kier molecular flexibility index (Phi) is 13.6. The van der Waals surface area contributed by atoms with Gasteiger partial charge < -0.3 is 21.0 Å². The fraction of sp³-hybridized carbons (Fsp3) is 0.833. The van der Waals surface area contributed by atoms with Crippen LogP contribution in [0, 0.1) is 0 Å². The van der Waals surface area contributed by atoms with E-state index in [2.05, 4.69) is 15.9 Å². The van der Waals surface area contributed by atoms with Gasteiger partial charge in [0, 0.05) is 0 Å². The van der Waals surface area contributed by atoms with Crippen LogP contribution in [-0.2, 0) is 9.59 Å². The van der Waals surface area contributed by atoms with Crippen molar-refractivity contribution in [3.63, 3.8) is 0 Å². The van der Waals surface area contributed by atoms with E-state index in [1.165, 1.54) is 0 Å². The largest absolute Gasteiger partial charge is 0.481 e. The summed E-state index contributed by atoms with van der Waals surface area (Å²) in [6, 6.07) is 0. The van der Waals surface area contributed by atoms with Gasteiger partial charge in [-0.15, -0.1) is 12.4 Å². The molecular weight excluding hydrogens is 519 g/mol. The van der Waals surface area contributed by atoms with Gasteiger partial charge in [0.15, 0.2) is 0 Å². The first kappa shape index (κ1) is 32.7. The Morgan fingerprint density at radius 3 is 1.31 bits per heavy atom. The third kappa shape index (κ3) is 10.1. The van der Waals surface area contributed by atoms with Crippen molar-refractivity contribution < 1.29 is 60.4 Å². The number of aliphatic carboxylic acids is 2. The Morgan fingerprint density at radius 2 is 1.14 bits per heavy atom. The van der Waals surface area contributed by atoms with Gasteiger partial charge >= 0.3 is 35.6 Å². The molecule has 2 fully saturated rings. The van der Waals surface area contributed by atoms with E-state index in [0.29, 0.717) is 4.90 Å². The van der Waals surface area contributed by atoms with Crippen molar-refractivity contribution in [1.29, 1.82) is 0 Å². The van der Waals surface area contributed by atoms with Crippen molar-refractivity contribution in [2.75, 3.05) is 38.1 Å². The van der Waals surface area contributed by atoms with Gasteiger partial charge in [0.2, 0.25) is 0 Å². The lowest BCUT2D eigenvalue weighted by molar-refractivity contribution is -0.172. The molecule has 0 bridgehead atoms. The average Bonchev–Trinajstić information content (AvgIpc) is 2.80. The van der Waals surface area contributed by atoms with E-state index in [1.54, 1.807) is 0 Å². The van der Waals surface area contributed by atoms with Gasteiger partial charge in [-0.3, -0.25) is 14.5 Å². The number of likely N-dealkylation sites (tertiary alicyclic amines) is 1. The maximum absolute atomic E-state index is 12.4. The molecule has 17 heteroatoms. The highest BCUT2D eigenvalue weighted by molar-refractivity contribution is 9.09. The molecule has 0 unspecified atom stereocenters.